The highest BCUT2D eigenvalue weighted by Crippen LogP contribution is 2.18. The van der Waals surface area contributed by atoms with Crippen LogP contribution in [0.25, 0.3) is 0 Å². The first-order valence-electron chi connectivity index (χ1n) is 3.78. The second-order valence-electron chi connectivity index (χ2n) is 2.85. The molecule has 4 nitrogen and oxygen atoms in total. The van der Waals surface area contributed by atoms with Crippen molar-refractivity contribution in [3.63, 3.8) is 0 Å². The zero-order valence-electron chi connectivity index (χ0n) is 6.49. The number of piperidine rings is 1. The van der Waals surface area contributed by atoms with E-state index in [2.05, 4.69) is 0 Å². The van der Waals surface area contributed by atoms with Crippen molar-refractivity contribution >= 4 is 12.1 Å². The lowest BCUT2D eigenvalue weighted by atomic mass is 9.98. The van der Waals surface area contributed by atoms with Crippen molar-refractivity contribution in [2.24, 2.45) is 5.92 Å². The maximum Gasteiger partial charge on any atom is 0.407 e. The predicted octanol–water partition coefficient (Wildman–Crippen LogP) is 0.873. The van der Waals surface area contributed by atoms with Gasteiger partial charge in [-0.3, -0.25) is 4.79 Å². The van der Waals surface area contributed by atoms with E-state index < -0.39 is 18.0 Å². The number of carboxylic acid groups (broad SMARTS) is 1. The number of likely N-dealkylation sites (tertiary alicyclic amines) is 1. The molecule has 1 fully saturated rings. The number of carbonyl (C=O) groups excluding carboxylic acids is 1. The Kier molecular flexibility index (Phi) is 2.62. The minimum Gasteiger partial charge on any atom is -0.465 e. The summed E-state index contributed by atoms with van der Waals surface area (Å²) < 4.78 is 12.1. The summed E-state index contributed by atoms with van der Waals surface area (Å²) in [7, 11) is 0. The molecule has 68 valence electrons. The van der Waals surface area contributed by atoms with Crippen molar-refractivity contribution in [3.05, 3.63) is 0 Å². The second-order valence-corrected chi connectivity index (χ2v) is 2.85. The average molecular weight is 175 g/mol. The van der Waals surface area contributed by atoms with Crippen molar-refractivity contribution in [2.45, 2.75) is 12.8 Å². The van der Waals surface area contributed by atoms with Gasteiger partial charge in [0.25, 0.3) is 0 Å². The van der Waals surface area contributed by atoms with Gasteiger partial charge in [0.05, 0.1) is 5.92 Å². The highest BCUT2D eigenvalue weighted by atomic mass is 19.1. The third kappa shape index (κ3) is 1.93. The summed E-state index contributed by atoms with van der Waals surface area (Å²) in [5, 5.41) is 8.51. The summed E-state index contributed by atoms with van der Waals surface area (Å²) in [5.74, 6) is -0.583. The maximum absolute atomic E-state index is 12.1. The van der Waals surface area contributed by atoms with Crippen LogP contribution in [0.15, 0.2) is 0 Å². The molecule has 1 N–H and O–H groups in total. The van der Waals surface area contributed by atoms with E-state index in [1.54, 1.807) is 0 Å². The largest absolute Gasteiger partial charge is 0.465 e. The van der Waals surface area contributed by atoms with Gasteiger partial charge in [0, 0.05) is 13.1 Å². The van der Waals surface area contributed by atoms with Gasteiger partial charge in [0.1, 0.15) is 0 Å². The molecule has 1 amide bonds. The highest BCUT2D eigenvalue weighted by Gasteiger charge is 2.26. The maximum atomic E-state index is 12.1. The lowest BCUT2D eigenvalue weighted by molar-refractivity contribution is -0.134. The van der Waals surface area contributed by atoms with Crippen molar-refractivity contribution in [1.29, 1.82) is 0 Å². The Balaban J connectivity index is 2.39. The molecule has 0 aromatic rings. The van der Waals surface area contributed by atoms with Crippen LogP contribution in [0.5, 0.6) is 0 Å². The standard InChI is InChI=1S/C7H10FNO3/c8-6(10)5-1-3-9(4-2-5)7(11)12/h5H,1-4H2,(H,11,12). The quantitative estimate of drug-likeness (QED) is 0.601. The summed E-state index contributed by atoms with van der Waals surface area (Å²) in [6.45, 7) is 0.519. The van der Waals surface area contributed by atoms with Crippen molar-refractivity contribution < 1.29 is 19.1 Å². The van der Waals surface area contributed by atoms with E-state index in [1.807, 2.05) is 0 Å². The van der Waals surface area contributed by atoms with Gasteiger partial charge < -0.3 is 10.0 Å². The average Bonchev–Trinajstić information content (AvgIpc) is 2.04. The van der Waals surface area contributed by atoms with Crippen LogP contribution in [0.4, 0.5) is 9.18 Å². The van der Waals surface area contributed by atoms with E-state index in [1.165, 1.54) is 4.90 Å². The van der Waals surface area contributed by atoms with Crippen LogP contribution < -0.4 is 0 Å². The summed E-state index contributed by atoms with van der Waals surface area (Å²) in [5.41, 5.74) is 0. The monoisotopic (exact) mass is 175 g/mol. The molecule has 0 bridgehead atoms. The molecule has 5 heteroatoms. The highest BCUT2D eigenvalue weighted by molar-refractivity contribution is 5.72. The lowest BCUT2D eigenvalue weighted by Gasteiger charge is -2.27. The first-order chi connectivity index (χ1) is 5.61. The van der Waals surface area contributed by atoms with Gasteiger partial charge in [-0.05, 0) is 12.8 Å². The van der Waals surface area contributed by atoms with Crippen LogP contribution in [0.3, 0.4) is 0 Å². The van der Waals surface area contributed by atoms with Gasteiger partial charge in [-0.15, -0.1) is 0 Å². The molecule has 0 spiro atoms. The van der Waals surface area contributed by atoms with E-state index >= 15 is 0 Å². The third-order valence-corrected chi connectivity index (χ3v) is 2.09. The Bertz CT molecular complexity index is 177. The Morgan fingerprint density at radius 3 is 2.17 bits per heavy atom. The summed E-state index contributed by atoms with van der Waals surface area (Å²) in [4.78, 5) is 21.8. The van der Waals surface area contributed by atoms with Crippen molar-refractivity contribution in [2.75, 3.05) is 13.1 Å². The molecule has 1 saturated heterocycles. The molecular weight excluding hydrogens is 165 g/mol. The predicted molar refractivity (Wildman–Crippen MR) is 38.4 cm³/mol. The smallest absolute Gasteiger partial charge is 0.407 e. The zero-order valence-corrected chi connectivity index (χ0v) is 6.49. The van der Waals surface area contributed by atoms with Crippen LogP contribution in [-0.4, -0.2) is 35.2 Å². The number of nitrogens with zero attached hydrogens (tertiary/aromatic N) is 1. The first-order valence-corrected chi connectivity index (χ1v) is 3.78. The van der Waals surface area contributed by atoms with Gasteiger partial charge in [-0.2, -0.15) is 4.39 Å². The molecule has 0 radical (unpaired) electrons. The number of hydrogen-bond donors (Lipinski definition) is 1. The molecule has 0 aliphatic carbocycles. The molecule has 0 unspecified atom stereocenters. The first kappa shape index (κ1) is 8.96. The molecule has 0 atom stereocenters. The topological polar surface area (TPSA) is 57.6 Å². The summed E-state index contributed by atoms with van der Waals surface area (Å²) in [6.07, 6.45) is -0.386. The minimum atomic E-state index is -1.32. The van der Waals surface area contributed by atoms with Crippen LogP contribution >= 0.6 is 0 Å². The van der Waals surface area contributed by atoms with Gasteiger partial charge >= 0.3 is 12.1 Å². The van der Waals surface area contributed by atoms with Crippen LogP contribution in [0, 0.1) is 5.92 Å². The third-order valence-electron chi connectivity index (χ3n) is 2.09. The summed E-state index contributed by atoms with van der Waals surface area (Å²) >= 11 is 0. The van der Waals surface area contributed by atoms with Crippen molar-refractivity contribution in [1.82, 2.24) is 4.90 Å². The van der Waals surface area contributed by atoms with E-state index in [-0.39, 0.29) is 13.1 Å². The van der Waals surface area contributed by atoms with E-state index in [4.69, 9.17) is 5.11 Å². The molecule has 0 aromatic heterocycles. The van der Waals surface area contributed by atoms with Crippen LogP contribution in [0.2, 0.25) is 0 Å². The number of carbonyl (C=O) groups is 2. The Hall–Kier alpha value is -1.13. The molecule has 12 heavy (non-hydrogen) atoms. The second kappa shape index (κ2) is 3.51. The molecule has 1 aliphatic heterocycles. The fourth-order valence-corrected chi connectivity index (χ4v) is 1.30. The Morgan fingerprint density at radius 1 is 1.33 bits per heavy atom. The molecular formula is C7H10FNO3. The normalized spacial score (nSPS) is 19.2. The zero-order chi connectivity index (χ0) is 9.14. The fourth-order valence-electron chi connectivity index (χ4n) is 1.30. The van der Waals surface area contributed by atoms with E-state index in [9.17, 15) is 14.0 Å². The van der Waals surface area contributed by atoms with Crippen molar-refractivity contribution in [3.8, 4) is 0 Å². The fraction of sp³-hybridized carbons (Fsp3) is 0.714. The minimum absolute atomic E-state index is 0.260. The number of amides is 1. The Labute approximate surface area is 69.0 Å². The van der Waals surface area contributed by atoms with Gasteiger partial charge in [-0.25, -0.2) is 4.79 Å². The number of rotatable bonds is 1. The van der Waals surface area contributed by atoms with Gasteiger partial charge in [0.2, 0.25) is 0 Å². The molecule has 0 saturated carbocycles. The molecule has 0 aromatic carbocycles. The van der Waals surface area contributed by atoms with Crippen LogP contribution in [-0.2, 0) is 4.79 Å². The lowest BCUT2D eigenvalue weighted by Crippen LogP contribution is -2.38. The number of halogens is 1. The number of hydrogen-bond acceptors (Lipinski definition) is 2. The SMILES string of the molecule is O=C(F)C1CCN(C(=O)O)CC1. The van der Waals surface area contributed by atoms with Crippen LogP contribution in [0.1, 0.15) is 12.8 Å². The van der Waals surface area contributed by atoms with Gasteiger partial charge in [-0.1, -0.05) is 0 Å². The molecule has 1 heterocycles. The molecule has 1 rings (SSSR count). The Morgan fingerprint density at radius 2 is 1.83 bits per heavy atom. The van der Waals surface area contributed by atoms with E-state index in [0.717, 1.165) is 0 Å². The summed E-state index contributed by atoms with van der Waals surface area (Å²) in [6, 6.07) is -1.32. The molecule has 1 aliphatic rings. The van der Waals surface area contributed by atoms with E-state index in [0.29, 0.717) is 12.8 Å². The van der Waals surface area contributed by atoms with Gasteiger partial charge in [0.15, 0.2) is 0 Å².